The monoisotopic (exact) mass is 364 g/mol. The highest BCUT2D eigenvalue weighted by atomic mass is 32.2. The van der Waals surface area contributed by atoms with Crippen LogP contribution in [0.5, 0.6) is 5.75 Å². The predicted octanol–water partition coefficient (Wildman–Crippen LogP) is 2.52. The molecule has 134 valence electrons. The predicted molar refractivity (Wildman–Crippen MR) is 94.0 cm³/mol. The molecule has 0 unspecified atom stereocenters. The fourth-order valence-electron chi connectivity index (χ4n) is 2.06. The third-order valence-electron chi connectivity index (χ3n) is 3.37. The molecule has 2 aromatic rings. The zero-order valence-corrected chi connectivity index (χ0v) is 15.0. The van der Waals surface area contributed by atoms with Crippen LogP contribution in [0.3, 0.4) is 0 Å². The van der Waals surface area contributed by atoms with Gasteiger partial charge in [0.1, 0.15) is 5.75 Å². The number of carbonyl (C=O) groups is 1. The van der Waals surface area contributed by atoms with Crippen molar-refractivity contribution in [2.45, 2.75) is 11.8 Å². The van der Waals surface area contributed by atoms with Gasteiger partial charge in [0, 0.05) is 18.3 Å². The van der Waals surface area contributed by atoms with E-state index in [4.69, 9.17) is 9.57 Å². The molecule has 0 saturated carbocycles. The van der Waals surface area contributed by atoms with Gasteiger partial charge in [-0.2, -0.15) is 0 Å². The van der Waals surface area contributed by atoms with Gasteiger partial charge in [0.2, 0.25) is 0 Å². The van der Waals surface area contributed by atoms with Gasteiger partial charge in [-0.1, -0.05) is 6.07 Å². The Morgan fingerprint density at radius 1 is 1.16 bits per heavy atom. The number of nitrogens with zero attached hydrogens (tertiary/aromatic N) is 1. The number of sulfonamides is 1. The van der Waals surface area contributed by atoms with Gasteiger partial charge in [-0.25, -0.2) is 13.5 Å². The number of nitrogens with one attached hydrogen (secondary N) is 1. The number of hydrogen-bond acceptors (Lipinski definition) is 5. The molecule has 0 fully saturated rings. The van der Waals surface area contributed by atoms with Crippen molar-refractivity contribution in [1.82, 2.24) is 5.06 Å². The SMILES string of the molecule is CCOc1ccc(NS(=O)(=O)c2cccc(C(=O)N(C)OC)c2)cc1. The van der Waals surface area contributed by atoms with Crippen LogP contribution < -0.4 is 9.46 Å². The Kier molecular flexibility index (Phi) is 6.00. The molecule has 8 heteroatoms. The smallest absolute Gasteiger partial charge is 0.277 e. The molecule has 0 spiro atoms. The Bertz CT molecular complexity index is 834. The lowest BCUT2D eigenvalue weighted by Crippen LogP contribution is -2.25. The van der Waals surface area contributed by atoms with Crippen LogP contribution in [0.25, 0.3) is 0 Å². The standard InChI is InChI=1S/C17H20N2O5S/c1-4-24-15-10-8-14(9-11-15)18-25(21,22)16-7-5-6-13(12-16)17(20)19(2)23-3/h5-12,18H,4H2,1-3H3. The molecule has 0 bridgehead atoms. The number of rotatable bonds is 7. The number of anilines is 1. The fourth-order valence-corrected chi connectivity index (χ4v) is 3.17. The molecule has 0 aliphatic carbocycles. The maximum atomic E-state index is 12.5. The molecule has 7 nitrogen and oxygen atoms in total. The summed E-state index contributed by atoms with van der Waals surface area (Å²) < 4.78 is 32.8. The van der Waals surface area contributed by atoms with Gasteiger partial charge >= 0.3 is 0 Å². The van der Waals surface area contributed by atoms with Crippen molar-refractivity contribution in [2.24, 2.45) is 0 Å². The molecule has 0 aliphatic rings. The van der Waals surface area contributed by atoms with Crippen LogP contribution in [0.4, 0.5) is 5.69 Å². The van der Waals surface area contributed by atoms with Gasteiger partial charge in [-0.05, 0) is 49.4 Å². The number of ether oxygens (including phenoxy) is 1. The number of carbonyl (C=O) groups excluding carboxylic acids is 1. The highest BCUT2D eigenvalue weighted by Gasteiger charge is 2.18. The first kappa shape index (κ1) is 18.8. The van der Waals surface area contributed by atoms with Gasteiger partial charge in [-0.15, -0.1) is 0 Å². The topological polar surface area (TPSA) is 84.9 Å². The normalized spacial score (nSPS) is 11.0. The summed E-state index contributed by atoms with van der Waals surface area (Å²) in [7, 11) is -1.03. The minimum absolute atomic E-state index is 0.0169. The lowest BCUT2D eigenvalue weighted by Gasteiger charge is -2.14. The Morgan fingerprint density at radius 2 is 1.84 bits per heavy atom. The Hall–Kier alpha value is -2.58. The first-order valence-corrected chi connectivity index (χ1v) is 9.03. The average Bonchev–Trinajstić information content (AvgIpc) is 2.62. The highest BCUT2D eigenvalue weighted by molar-refractivity contribution is 7.92. The van der Waals surface area contributed by atoms with Gasteiger partial charge in [0.25, 0.3) is 15.9 Å². The maximum Gasteiger partial charge on any atom is 0.277 e. The van der Waals surface area contributed by atoms with Crippen LogP contribution >= 0.6 is 0 Å². The molecule has 1 N–H and O–H groups in total. The molecule has 0 saturated heterocycles. The molecule has 25 heavy (non-hydrogen) atoms. The zero-order chi connectivity index (χ0) is 18.4. The molecule has 0 atom stereocenters. The van der Waals surface area contributed by atoms with Crippen molar-refractivity contribution in [3.05, 3.63) is 54.1 Å². The third kappa shape index (κ3) is 4.71. The average molecular weight is 364 g/mol. The molecule has 0 radical (unpaired) electrons. The zero-order valence-electron chi connectivity index (χ0n) is 14.2. The second-order valence-corrected chi connectivity index (χ2v) is 6.76. The molecule has 1 amide bonds. The van der Waals surface area contributed by atoms with E-state index >= 15 is 0 Å². The fraction of sp³-hybridized carbons (Fsp3) is 0.235. The van der Waals surface area contributed by atoms with Crippen molar-refractivity contribution in [3.8, 4) is 5.75 Å². The summed E-state index contributed by atoms with van der Waals surface area (Å²) in [6, 6.07) is 12.3. The van der Waals surface area contributed by atoms with Crippen molar-refractivity contribution in [3.63, 3.8) is 0 Å². The summed E-state index contributed by atoms with van der Waals surface area (Å²) in [6.45, 7) is 2.40. The van der Waals surface area contributed by atoms with Crippen LogP contribution in [-0.4, -0.2) is 40.2 Å². The summed E-state index contributed by atoms with van der Waals surface area (Å²) in [5.74, 6) is 0.210. The van der Waals surface area contributed by atoms with Gasteiger partial charge in [0.05, 0.1) is 18.6 Å². The second-order valence-electron chi connectivity index (χ2n) is 5.08. The lowest BCUT2D eigenvalue weighted by molar-refractivity contribution is -0.0757. The Balaban J connectivity index is 2.23. The minimum Gasteiger partial charge on any atom is -0.494 e. The van der Waals surface area contributed by atoms with E-state index in [0.29, 0.717) is 18.0 Å². The summed E-state index contributed by atoms with van der Waals surface area (Å²) >= 11 is 0. The van der Waals surface area contributed by atoms with E-state index in [1.165, 1.54) is 38.4 Å². The highest BCUT2D eigenvalue weighted by Crippen LogP contribution is 2.20. The second kappa shape index (κ2) is 8.00. The van der Waals surface area contributed by atoms with E-state index in [0.717, 1.165) is 5.06 Å². The van der Waals surface area contributed by atoms with E-state index in [9.17, 15) is 13.2 Å². The largest absolute Gasteiger partial charge is 0.494 e. The molecular weight excluding hydrogens is 344 g/mol. The Morgan fingerprint density at radius 3 is 2.44 bits per heavy atom. The molecule has 0 heterocycles. The summed E-state index contributed by atoms with van der Waals surface area (Å²) in [5, 5.41) is 1.02. The number of benzene rings is 2. The first-order valence-electron chi connectivity index (χ1n) is 7.55. The summed E-state index contributed by atoms with van der Waals surface area (Å²) in [6.07, 6.45) is 0. The first-order chi connectivity index (χ1) is 11.9. The minimum atomic E-state index is -3.83. The number of amides is 1. The molecule has 0 aliphatic heterocycles. The van der Waals surface area contributed by atoms with E-state index in [-0.39, 0.29) is 10.5 Å². The van der Waals surface area contributed by atoms with Crippen LogP contribution in [0.2, 0.25) is 0 Å². The van der Waals surface area contributed by atoms with E-state index in [1.54, 1.807) is 24.3 Å². The summed E-state index contributed by atoms with van der Waals surface area (Å²) in [5.41, 5.74) is 0.605. The van der Waals surface area contributed by atoms with Gasteiger partial charge in [-0.3, -0.25) is 14.4 Å². The number of hydroxylamine groups is 2. The van der Waals surface area contributed by atoms with Crippen LogP contribution in [-0.2, 0) is 14.9 Å². The van der Waals surface area contributed by atoms with E-state index in [2.05, 4.69) is 4.72 Å². The maximum absolute atomic E-state index is 12.5. The Labute approximate surface area is 147 Å². The molecule has 2 rings (SSSR count). The van der Waals surface area contributed by atoms with Crippen molar-refractivity contribution < 1.29 is 22.8 Å². The molecule has 0 aromatic heterocycles. The van der Waals surface area contributed by atoms with Gasteiger partial charge < -0.3 is 4.74 Å². The lowest BCUT2D eigenvalue weighted by atomic mass is 10.2. The van der Waals surface area contributed by atoms with Crippen LogP contribution in [0.1, 0.15) is 17.3 Å². The number of hydrogen-bond donors (Lipinski definition) is 1. The van der Waals surface area contributed by atoms with E-state index < -0.39 is 15.9 Å². The van der Waals surface area contributed by atoms with Crippen molar-refractivity contribution in [1.29, 1.82) is 0 Å². The van der Waals surface area contributed by atoms with Crippen LogP contribution in [0.15, 0.2) is 53.4 Å². The molecule has 2 aromatic carbocycles. The van der Waals surface area contributed by atoms with Crippen molar-refractivity contribution in [2.75, 3.05) is 25.5 Å². The van der Waals surface area contributed by atoms with Gasteiger partial charge in [0.15, 0.2) is 0 Å². The molecular formula is C17H20N2O5S. The van der Waals surface area contributed by atoms with Crippen LogP contribution in [0, 0.1) is 0 Å². The third-order valence-corrected chi connectivity index (χ3v) is 4.75. The van der Waals surface area contributed by atoms with E-state index in [1.807, 2.05) is 6.92 Å². The van der Waals surface area contributed by atoms with Crippen molar-refractivity contribution >= 4 is 21.6 Å². The summed E-state index contributed by atoms with van der Waals surface area (Å²) in [4.78, 5) is 16.9. The quantitative estimate of drug-likeness (QED) is 0.763.